The van der Waals surface area contributed by atoms with Crippen LogP contribution in [0, 0.1) is 11.7 Å². The van der Waals surface area contributed by atoms with Crippen LogP contribution in [0.4, 0.5) is 9.18 Å². The van der Waals surface area contributed by atoms with Gasteiger partial charge in [0.1, 0.15) is 17.6 Å². The second kappa shape index (κ2) is 9.45. The van der Waals surface area contributed by atoms with E-state index in [1.54, 1.807) is 6.92 Å². The summed E-state index contributed by atoms with van der Waals surface area (Å²) >= 11 is 0. The number of primary amides is 1. The van der Waals surface area contributed by atoms with E-state index in [1.165, 1.54) is 31.2 Å². The Morgan fingerprint density at radius 3 is 2.20 bits per heavy atom. The van der Waals surface area contributed by atoms with Gasteiger partial charge in [-0.25, -0.2) is 9.18 Å². The number of carbonyl (C=O) groups excluding carboxylic acids is 3. The van der Waals surface area contributed by atoms with Gasteiger partial charge in [-0.2, -0.15) is 0 Å². The molecule has 0 aromatic heterocycles. The zero-order valence-corrected chi connectivity index (χ0v) is 14.3. The van der Waals surface area contributed by atoms with Crippen LogP contribution in [0.15, 0.2) is 24.3 Å². The number of urea groups is 1. The minimum absolute atomic E-state index is 0.183. The molecule has 0 bridgehead atoms. The molecule has 0 aliphatic heterocycles. The Kier molecular flexibility index (Phi) is 7.64. The third-order valence-corrected chi connectivity index (χ3v) is 3.60. The fourth-order valence-corrected chi connectivity index (χ4v) is 1.93. The molecule has 0 heterocycles. The first-order chi connectivity index (χ1) is 11.7. The summed E-state index contributed by atoms with van der Waals surface area (Å²) in [4.78, 5) is 35.1. The number of nitrogens with one attached hydrogen (secondary N) is 3. The van der Waals surface area contributed by atoms with Crippen LogP contribution >= 0.6 is 0 Å². The van der Waals surface area contributed by atoms with Crippen molar-refractivity contribution >= 4 is 17.8 Å². The van der Waals surface area contributed by atoms with Crippen molar-refractivity contribution < 1.29 is 23.5 Å². The number of rotatable bonds is 7. The Morgan fingerprint density at radius 2 is 1.68 bits per heavy atom. The minimum atomic E-state index is -0.933. The SMILES string of the molecule is CC[C@H](C)[C@H](NC(N)=O)C(=O)NNC(=O)[C@H](C)Oc1ccc(F)cc1. The van der Waals surface area contributed by atoms with E-state index >= 15 is 0 Å². The van der Waals surface area contributed by atoms with Gasteiger partial charge in [-0.05, 0) is 37.1 Å². The molecule has 5 N–H and O–H groups in total. The smallest absolute Gasteiger partial charge is 0.312 e. The molecule has 4 amide bonds. The van der Waals surface area contributed by atoms with E-state index in [1.807, 2.05) is 6.92 Å². The van der Waals surface area contributed by atoms with Gasteiger partial charge < -0.3 is 15.8 Å². The maximum Gasteiger partial charge on any atom is 0.312 e. The molecule has 1 aromatic rings. The molecular formula is C16H23FN4O4. The van der Waals surface area contributed by atoms with Crippen LogP contribution in [-0.2, 0) is 9.59 Å². The van der Waals surface area contributed by atoms with Crippen molar-refractivity contribution in [1.82, 2.24) is 16.2 Å². The van der Waals surface area contributed by atoms with Crippen LogP contribution in [0.2, 0.25) is 0 Å². The summed E-state index contributed by atoms with van der Waals surface area (Å²) in [7, 11) is 0. The van der Waals surface area contributed by atoms with Gasteiger partial charge in [0.2, 0.25) is 0 Å². The van der Waals surface area contributed by atoms with Crippen LogP contribution in [0.25, 0.3) is 0 Å². The molecule has 1 aromatic carbocycles. The van der Waals surface area contributed by atoms with Crippen LogP contribution in [0.5, 0.6) is 5.75 Å². The molecule has 138 valence electrons. The second-order valence-electron chi connectivity index (χ2n) is 5.56. The first kappa shape index (κ1) is 20.2. The zero-order valence-electron chi connectivity index (χ0n) is 14.3. The van der Waals surface area contributed by atoms with E-state index in [0.29, 0.717) is 12.2 Å². The monoisotopic (exact) mass is 354 g/mol. The van der Waals surface area contributed by atoms with Crippen LogP contribution < -0.4 is 26.6 Å². The molecule has 0 spiro atoms. The molecule has 1 rings (SSSR count). The summed E-state index contributed by atoms with van der Waals surface area (Å²) in [5, 5.41) is 2.34. The number of carbonyl (C=O) groups is 3. The van der Waals surface area contributed by atoms with Crippen LogP contribution in [0.3, 0.4) is 0 Å². The summed E-state index contributed by atoms with van der Waals surface area (Å²) < 4.78 is 18.2. The lowest BCUT2D eigenvalue weighted by atomic mass is 9.99. The number of halogens is 1. The summed E-state index contributed by atoms with van der Waals surface area (Å²) in [6.45, 7) is 5.09. The number of hydrazine groups is 1. The third-order valence-electron chi connectivity index (χ3n) is 3.60. The highest BCUT2D eigenvalue weighted by Gasteiger charge is 2.26. The molecular weight excluding hydrogens is 331 g/mol. The van der Waals surface area contributed by atoms with Gasteiger partial charge in [0.15, 0.2) is 6.10 Å². The first-order valence-corrected chi connectivity index (χ1v) is 7.82. The Hall–Kier alpha value is -2.84. The number of benzene rings is 1. The molecule has 8 nitrogen and oxygen atoms in total. The van der Waals surface area contributed by atoms with Crippen molar-refractivity contribution in [2.75, 3.05) is 0 Å². The molecule has 0 fully saturated rings. The van der Waals surface area contributed by atoms with E-state index < -0.39 is 35.8 Å². The van der Waals surface area contributed by atoms with Gasteiger partial charge in [0.05, 0.1) is 0 Å². The number of nitrogens with two attached hydrogens (primary N) is 1. The highest BCUT2D eigenvalue weighted by Crippen LogP contribution is 2.13. The van der Waals surface area contributed by atoms with Crippen molar-refractivity contribution in [3.05, 3.63) is 30.1 Å². The van der Waals surface area contributed by atoms with Gasteiger partial charge in [-0.1, -0.05) is 20.3 Å². The predicted octanol–water partition coefficient (Wildman–Crippen LogP) is 0.823. The Labute approximate surface area is 145 Å². The number of hydrogen-bond acceptors (Lipinski definition) is 4. The fourth-order valence-electron chi connectivity index (χ4n) is 1.93. The Morgan fingerprint density at radius 1 is 1.12 bits per heavy atom. The fraction of sp³-hybridized carbons (Fsp3) is 0.438. The van der Waals surface area contributed by atoms with Crippen molar-refractivity contribution in [3.8, 4) is 5.75 Å². The zero-order chi connectivity index (χ0) is 19.0. The van der Waals surface area contributed by atoms with Crippen molar-refractivity contribution in [2.24, 2.45) is 11.7 Å². The van der Waals surface area contributed by atoms with Crippen molar-refractivity contribution in [3.63, 3.8) is 0 Å². The molecule has 0 radical (unpaired) electrons. The van der Waals surface area contributed by atoms with E-state index in [-0.39, 0.29) is 5.92 Å². The van der Waals surface area contributed by atoms with E-state index in [9.17, 15) is 18.8 Å². The predicted molar refractivity (Wildman–Crippen MR) is 88.7 cm³/mol. The molecule has 0 unspecified atom stereocenters. The molecule has 0 saturated carbocycles. The van der Waals surface area contributed by atoms with Gasteiger partial charge in [-0.15, -0.1) is 0 Å². The Balaban J connectivity index is 2.56. The largest absolute Gasteiger partial charge is 0.481 e. The molecule has 0 aliphatic carbocycles. The molecule has 3 atom stereocenters. The average molecular weight is 354 g/mol. The summed E-state index contributed by atoms with van der Waals surface area (Å²) in [5.74, 6) is -1.51. The molecule has 9 heteroatoms. The molecule has 25 heavy (non-hydrogen) atoms. The third kappa shape index (κ3) is 6.66. The highest BCUT2D eigenvalue weighted by molar-refractivity contribution is 5.89. The van der Waals surface area contributed by atoms with Gasteiger partial charge in [-0.3, -0.25) is 20.4 Å². The van der Waals surface area contributed by atoms with Gasteiger partial charge in [0, 0.05) is 0 Å². The summed E-state index contributed by atoms with van der Waals surface area (Å²) in [6.07, 6.45) is -0.312. The lowest BCUT2D eigenvalue weighted by Crippen LogP contribution is -2.57. The molecule has 0 saturated heterocycles. The standard InChI is InChI=1S/C16H23FN4O4/c1-4-9(2)13(19-16(18)24)15(23)21-20-14(22)10(3)25-12-7-5-11(17)6-8-12/h5-10,13H,4H2,1-3H3,(H,20,22)(H,21,23)(H3,18,19,24)/t9-,10-,13-/m0/s1. The highest BCUT2D eigenvalue weighted by atomic mass is 19.1. The topological polar surface area (TPSA) is 123 Å². The maximum absolute atomic E-state index is 12.8. The maximum atomic E-state index is 12.8. The van der Waals surface area contributed by atoms with Gasteiger partial charge in [0.25, 0.3) is 11.8 Å². The van der Waals surface area contributed by atoms with E-state index in [4.69, 9.17) is 10.5 Å². The summed E-state index contributed by atoms with van der Waals surface area (Å²) in [6, 6.07) is 3.46. The average Bonchev–Trinajstić information content (AvgIpc) is 2.58. The number of ether oxygens (including phenoxy) is 1. The second-order valence-corrected chi connectivity index (χ2v) is 5.56. The van der Waals surface area contributed by atoms with Crippen LogP contribution in [-0.4, -0.2) is 30.0 Å². The quantitative estimate of drug-likeness (QED) is 0.542. The van der Waals surface area contributed by atoms with Gasteiger partial charge >= 0.3 is 6.03 Å². The van der Waals surface area contributed by atoms with Crippen molar-refractivity contribution in [2.45, 2.75) is 39.3 Å². The lowest BCUT2D eigenvalue weighted by Gasteiger charge is -2.23. The van der Waals surface area contributed by atoms with E-state index in [0.717, 1.165) is 0 Å². The van der Waals surface area contributed by atoms with Crippen LogP contribution in [0.1, 0.15) is 27.2 Å². The van der Waals surface area contributed by atoms with E-state index in [2.05, 4.69) is 16.2 Å². The number of amides is 4. The number of hydrogen-bond donors (Lipinski definition) is 4. The Bertz CT molecular complexity index is 609. The van der Waals surface area contributed by atoms with Crippen molar-refractivity contribution in [1.29, 1.82) is 0 Å². The summed E-state index contributed by atoms with van der Waals surface area (Å²) in [5.41, 5.74) is 9.51. The lowest BCUT2D eigenvalue weighted by molar-refractivity contribution is -0.133. The molecule has 0 aliphatic rings. The normalized spacial score (nSPS) is 13.9. The first-order valence-electron chi connectivity index (χ1n) is 7.82. The minimum Gasteiger partial charge on any atom is -0.481 e.